The number of anilines is 1. The van der Waals surface area contributed by atoms with E-state index >= 15 is 0 Å². The number of hydrogen-bond acceptors (Lipinski definition) is 5. The Labute approximate surface area is 143 Å². The molecule has 1 aliphatic rings. The van der Waals surface area contributed by atoms with E-state index in [0.717, 1.165) is 43.5 Å². The van der Waals surface area contributed by atoms with E-state index < -0.39 is 10.0 Å². The molecule has 1 aromatic heterocycles. The molecule has 0 amide bonds. The molecule has 24 heavy (non-hydrogen) atoms. The van der Waals surface area contributed by atoms with Gasteiger partial charge < -0.3 is 9.32 Å². The maximum atomic E-state index is 11.9. The predicted molar refractivity (Wildman–Crippen MR) is 95.6 cm³/mol. The van der Waals surface area contributed by atoms with Gasteiger partial charge in [-0.05, 0) is 37.3 Å². The van der Waals surface area contributed by atoms with Gasteiger partial charge in [-0.1, -0.05) is 25.5 Å². The zero-order chi connectivity index (χ0) is 17.0. The third-order valence-corrected chi connectivity index (χ3v) is 5.96. The lowest BCUT2D eigenvalue weighted by Crippen LogP contribution is -2.39. The van der Waals surface area contributed by atoms with E-state index in [1.54, 1.807) is 0 Å². The Hall–Kier alpha value is -1.60. The molecular formula is C17H25N3O3S. The van der Waals surface area contributed by atoms with Crippen molar-refractivity contribution in [2.45, 2.75) is 32.6 Å². The molecule has 2 aromatic rings. The van der Waals surface area contributed by atoms with Crippen LogP contribution in [0.2, 0.25) is 0 Å². The minimum Gasteiger partial charge on any atom is -0.423 e. The Morgan fingerprint density at radius 2 is 2.04 bits per heavy atom. The average molecular weight is 351 g/mol. The normalized spacial score (nSPS) is 16.8. The molecule has 1 aromatic carbocycles. The maximum absolute atomic E-state index is 11.9. The highest BCUT2D eigenvalue weighted by atomic mass is 32.2. The minimum atomic E-state index is -3.12. The van der Waals surface area contributed by atoms with Crippen molar-refractivity contribution in [1.29, 1.82) is 0 Å². The summed E-state index contributed by atoms with van der Waals surface area (Å²) in [6.07, 6.45) is 3.49. The van der Waals surface area contributed by atoms with Gasteiger partial charge >= 0.3 is 0 Å². The Kier molecular flexibility index (Phi) is 5.40. The fourth-order valence-electron chi connectivity index (χ4n) is 2.98. The minimum absolute atomic E-state index is 0.227. The van der Waals surface area contributed by atoms with Crippen molar-refractivity contribution in [3.63, 3.8) is 0 Å². The van der Waals surface area contributed by atoms with Crippen molar-refractivity contribution in [3.8, 4) is 0 Å². The first kappa shape index (κ1) is 17.2. The summed E-state index contributed by atoms with van der Waals surface area (Å²) in [4.78, 5) is 6.67. The molecule has 6 nitrogen and oxygen atoms in total. The average Bonchev–Trinajstić information content (AvgIpc) is 3.03. The van der Waals surface area contributed by atoms with Gasteiger partial charge in [-0.25, -0.2) is 13.1 Å². The van der Waals surface area contributed by atoms with Gasteiger partial charge in [0.25, 0.3) is 6.01 Å². The van der Waals surface area contributed by atoms with E-state index in [-0.39, 0.29) is 5.75 Å². The fraction of sp³-hybridized carbons (Fsp3) is 0.588. The molecule has 2 heterocycles. The lowest BCUT2D eigenvalue weighted by atomic mass is 9.97. The third kappa shape index (κ3) is 4.27. The molecule has 3 rings (SSSR count). The smallest absolute Gasteiger partial charge is 0.298 e. The van der Waals surface area contributed by atoms with Gasteiger partial charge in [0.2, 0.25) is 10.0 Å². The van der Waals surface area contributed by atoms with Crippen LogP contribution in [0, 0.1) is 5.92 Å². The van der Waals surface area contributed by atoms with E-state index in [2.05, 4.69) is 14.6 Å². The van der Waals surface area contributed by atoms with Crippen LogP contribution in [0.3, 0.4) is 0 Å². The monoisotopic (exact) mass is 351 g/mol. The molecule has 0 unspecified atom stereocenters. The van der Waals surface area contributed by atoms with E-state index in [1.165, 1.54) is 0 Å². The van der Waals surface area contributed by atoms with Crippen molar-refractivity contribution in [3.05, 3.63) is 24.3 Å². The van der Waals surface area contributed by atoms with Crippen LogP contribution in [0.25, 0.3) is 11.1 Å². The summed E-state index contributed by atoms with van der Waals surface area (Å²) >= 11 is 0. The summed E-state index contributed by atoms with van der Waals surface area (Å²) in [5.41, 5.74) is 1.68. The molecule has 0 saturated carbocycles. The molecule has 0 atom stereocenters. The van der Waals surface area contributed by atoms with Crippen molar-refractivity contribution < 1.29 is 12.8 Å². The first-order valence-corrected chi connectivity index (χ1v) is 10.3. The largest absolute Gasteiger partial charge is 0.423 e. The molecule has 1 aliphatic heterocycles. The molecule has 132 valence electrons. The number of oxazole rings is 1. The van der Waals surface area contributed by atoms with Crippen molar-refractivity contribution in [2.75, 3.05) is 30.3 Å². The Morgan fingerprint density at radius 1 is 1.29 bits per heavy atom. The van der Waals surface area contributed by atoms with Crippen LogP contribution in [0.1, 0.15) is 32.6 Å². The van der Waals surface area contributed by atoms with Crippen LogP contribution in [-0.4, -0.2) is 38.8 Å². The summed E-state index contributed by atoms with van der Waals surface area (Å²) in [5.74, 6) is 0.604. The van der Waals surface area contributed by atoms with Gasteiger partial charge in [-0.15, -0.1) is 0 Å². The second-order valence-corrected chi connectivity index (χ2v) is 8.34. The van der Waals surface area contributed by atoms with Gasteiger partial charge in [0.05, 0.1) is 5.75 Å². The second-order valence-electron chi connectivity index (χ2n) is 6.42. The zero-order valence-electron chi connectivity index (χ0n) is 14.1. The molecule has 1 fully saturated rings. The summed E-state index contributed by atoms with van der Waals surface area (Å²) in [6.45, 7) is 4.22. The summed E-state index contributed by atoms with van der Waals surface area (Å²) in [7, 11) is -3.12. The fourth-order valence-corrected chi connectivity index (χ4v) is 4.28. The molecule has 0 radical (unpaired) electrons. The number of para-hydroxylation sites is 2. The second kappa shape index (κ2) is 7.53. The molecule has 0 bridgehead atoms. The number of unbranched alkanes of at least 4 members (excludes halogenated alkanes) is 1. The van der Waals surface area contributed by atoms with Crippen LogP contribution in [-0.2, 0) is 10.0 Å². The van der Waals surface area contributed by atoms with Gasteiger partial charge in [0.15, 0.2) is 5.58 Å². The quantitative estimate of drug-likeness (QED) is 0.830. The number of aromatic nitrogens is 1. The van der Waals surface area contributed by atoms with Crippen LogP contribution in [0.4, 0.5) is 6.01 Å². The predicted octanol–water partition coefficient (Wildman–Crippen LogP) is 2.76. The summed E-state index contributed by atoms with van der Waals surface area (Å²) in [5, 5.41) is 0. The summed E-state index contributed by atoms with van der Waals surface area (Å²) in [6, 6.07) is 8.42. The standard InChI is InChI=1S/C17H25N3O3S/c1-2-3-12-24(21,22)18-13-14-8-10-20(11-9-14)17-19-15-6-4-5-7-16(15)23-17/h4-7,14,18H,2-3,8-13H2,1H3. The highest BCUT2D eigenvalue weighted by molar-refractivity contribution is 7.89. The SMILES string of the molecule is CCCCS(=O)(=O)NCC1CCN(c2nc3ccccc3o2)CC1. The van der Waals surface area contributed by atoms with Gasteiger partial charge in [0, 0.05) is 19.6 Å². The first-order chi connectivity index (χ1) is 11.6. The number of sulfonamides is 1. The topological polar surface area (TPSA) is 75.4 Å². The van der Waals surface area contributed by atoms with E-state index in [0.29, 0.717) is 24.9 Å². The van der Waals surface area contributed by atoms with Gasteiger partial charge in [-0.3, -0.25) is 0 Å². The lowest BCUT2D eigenvalue weighted by molar-refractivity contribution is 0.387. The number of hydrogen-bond donors (Lipinski definition) is 1. The lowest BCUT2D eigenvalue weighted by Gasteiger charge is -2.30. The highest BCUT2D eigenvalue weighted by Gasteiger charge is 2.23. The first-order valence-electron chi connectivity index (χ1n) is 8.65. The number of benzene rings is 1. The van der Waals surface area contributed by atoms with E-state index in [1.807, 2.05) is 31.2 Å². The highest BCUT2D eigenvalue weighted by Crippen LogP contribution is 2.26. The molecule has 0 aliphatic carbocycles. The van der Waals surface area contributed by atoms with E-state index in [9.17, 15) is 8.42 Å². The van der Waals surface area contributed by atoms with Crippen LogP contribution < -0.4 is 9.62 Å². The van der Waals surface area contributed by atoms with Crippen molar-refractivity contribution in [1.82, 2.24) is 9.71 Å². The molecule has 1 saturated heterocycles. The van der Waals surface area contributed by atoms with E-state index in [4.69, 9.17) is 4.42 Å². The van der Waals surface area contributed by atoms with Gasteiger partial charge in [0.1, 0.15) is 5.52 Å². The van der Waals surface area contributed by atoms with Crippen LogP contribution >= 0.6 is 0 Å². The van der Waals surface area contributed by atoms with Crippen LogP contribution in [0.5, 0.6) is 0 Å². The van der Waals surface area contributed by atoms with Crippen molar-refractivity contribution >= 4 is 27.1 Å². The Bertz CT molecular complexity index is 731. The molecular weight excluding hydrogens is 326 g/mol. The molecule has 1 N–H and O–H groups in total. The van der Waals surface area contributed by atoms with Crippen LogP contribution in [0.15, 0.2) is 28.7 Å². The Morgan fingerprint density at radius 3 is 2.75 bits per heavy atom. The third-order valence-electron chi connectivity index (χ3n) is 4.53. The van der Waals surface area contributed by atoms with Gasteiger partial charge in [-0.2, -0.15) is 4.98 Å². The Balaban J connectivity index is 1.50. The van der Waals surface area contributed by atoms with Crippen molar-refractivity contribution in [2.24, 2.45) is 5.92 Å². The molecule has 7 heteroatoms. The number of nitrogens with zero attached hydrogens (tertiary/aromatic N) is 2. The number of rotatable bonds is 7. The zero-order valence-corrected chi connectivity index (χ0v) is 14.9. The molecule has 0 spiro atoms. The maximum Gasteiger partial charge on any atom is 0.298 e. The summed E-state index contributed by atoms with van der Waals surface area (Å²) < 4.78 is 32.3. The number of fused-ring (bicyclic) bond motifs is 1. The number of piperidine rings is 1. The number of nitrogens with one attached hydrogen (secondary N) is 1.